The van der Waals surface area contributed by atoms with Gasteiger partial charge in [-0.25, -0.2) is 9.37 Å². The van der Waals surface area contributed by atoms with E-state index in [-0.39, 0.29) is 24.4 Å². The highest BCUT2D eigenvalue weighted by Crippen LogP contribution is 2.06. The number of hydrogen-bond donors (Lipinski definition) is 0. The SMILES string of the molecule is Cn1ncnc1CC(=O)Cc1cccc(F)c1. The van der Waals surface area contributed by atoms with Crippen LogP contribution < -0.4 is 0 Å². The van der Waals surface area contributed by atoms with Crippen LogP contribution in [0.1, 0.15) is 11.4 Å². The highest BCUT2D eigenvalue weighted by Gasteiger charge is 2.09. The third-order valence-electron chi connectivity index (χ3n) is 2.45. The molecule has 0 amide bonds. The van der Waals surface area contributed by atoms with E-state index in [1.807, 2.05) is 0 Å². The number of aryl methyl sites for hydroxylation is 1. The molecule has 17 heavy (non-hydrogen) atoms. The molecule has 4 nitrogen and oxygen atoms in total. The Hall–Kier alpha value is -2.04. The lowest BCUT2D eigenvalue weighted by Crippen LogP contribution is -2.11. The van der Waals surface area contributed by atoms with E-state index in [1.165, 1.54) is 18.5 Å². The van der Waals surface area contributed by atoms with Gasteiger partial charge in [0.25, 0.3) is 0 Å². The van der Waals surface area contributed by atoms with Crippen LogP contribution in [0.5, 0.6) is 0 Å². The molecule has 0 bridgehead atoms. The van der Waals surface area contributed by atoms with Gasteiger partial charge in [0.1, 0.15) is 23.8 Å². The second-order valence-corrected chi connectivity index (χ2v) is 3.82. The summed E-state index contributed by atoms with van der Waals surface area (Å²) in [5.74, 6) is 0.284. The van der Waals surface area contributed by atoms with Crippen LogP contribution in [-0.2, 0) is 24.7 Å². The molecule has 1 heterocycles. The van der Waals surface area contributed by atoms with Crippen LogP contribution in [-0.4, -0.2) is 20.5 Å². The van der Waals surface area contributed by atoms with E-state index in [1.54, 1.807) is 23.9 Å². The average molecular weight is 233 g/mol. The zero-order valence-corrected chi connectivity index (χ0v) is 9.43. The molecule has 0 unspecified atom stereocenters. The first-order chi connectivity index (χ1) is 8.15. The Labute approximate surface area is 98.1 Å². The number of hydrogen-bond acceptors (Lipinski definition) is 3. The first-order valence-electron chi connectivity index (χ1n) is 5.24. The molecule has 5 heteroatoms. The van der Waals surface area contributed by atoms with Crippen LogP contribution in [0.4, 0.5) is 4.39 Å². The van der Waals surface area contributed by atoms with E-state index in [0.717, 1.165) is 0 Å². The summed E-state index contributed by atoms with van der Waals surface area (Å²) in [6.07, 6.45) is 1.84. The highest BCUT2D eigenvalue weighted by atomic mass is 19.1. The third kappa shape index (κ3) is 2.96. The molecule has 0 aliphatic carbocycles. The fraction of sp³-hybridized carbons (Fsp3) is 0.250. The lowest BCUT2D eigenvalue weighted by molar-refractivity contribution is -0.117. The Morgan fingerprint density at radius 3 is 2.88 bits per heavy atom. The summed E-state index contributed by atoms with van der Waals surface area (Å²) < 4.78 is 14.5. The molecular weight excluding hydrogens is 221 g/mol. The van der Waals surface area contributed by atoms with Crippen molar-refractivity contribution in [2.45, 2.75) is 12.8 Å². The number of rotatable bonds is 4. The Kier molecular flexibility index (Phi) is 3.27. The van der Waals surface area contributed by atoms with Crippen LogP contribution in [0.3, 0.4) is 0 Å². The lowest BCUT2D eigenvalue weighted by atomic mass is 10.1. The van der Waals surface area contributed by atoms with Crippen molar-refractivity contribution < 1.29 is 9.18 Å². The fourth-order valence-corrected chi connectivity index (χ4v) is 1.59. The molecule has 0 saturated carbocycles. The van der Waals surface area contributed by atoms with E-state index in [4.69, 9.17) is 0 Å². The van der Waals surface area contributed by atoms with E-state index in [2.05, 4.69) is 10.1 Å². The largest absolute Gasteiger partial charge is 0.299 e. The minimum Gasteiger partial charge on any atom is -0.299 e. The summed E-state index contributed by atoms with van der Waals surface area (Å²) in [6.45, 7) is 0. The highest BCUT2D eigenvalue weighted by molar-refractivity contribution is 5.82. The molecule has 1 aromatic heterocycles. The van der Waals surface area contributed by atoms with Gasteiger partial charge in [-0.3, -0.25) is 9.48 Å². The van der Waals surface area contributed by atoms with Gasteiger partial charge in [0, 0.05) is 13.5 Å². The molecule has 2 rings (SSSR count). The quantitative estimate of drug-likeness (QED) is 0.800. The second-order valence-electron chi connectivity index (χ2n) is 3.82. The van der Waals surface area contributed by atoms with Gasteiger partial charge < -0.3 is 0 Å². The van der Waals surface area contributed by atoms with E-state index >= 15 is 0 Å². The van der Waals surface area contributed by atoms with Gasteiger partial charge in [0.05, 0.1) is 6.42 Å². The van der Waals surface area contributed by atoms with Crippen molar-refractivity contribution in [3.05, 3.63) is 47.8 Å². The molecule has 1 aromatic carbocycles. The second kappa shape index (κ2) is 4.86. The Morgan fingerprint density at radius 2 is 2.24 bits per heavy atom. The molecule has 0 atom stereocenters. The van der Waals surface area contributed by atoms with Gasteiger partial charge in [0.2, 0.25) is 0 Å². The Morgan fingerprint density at radius 1 is 1.41 bits per heavy atom. The summed E-state index contributed by atoms with van der Waals surface area (Å²) >= 11 is 0. The predicted octanol–water partition coefficient (Wildman–Crippen LogP) is 1.31. The summed E-state index contributed by atoms with van der Waals surface area (Å²) in [5.41, 5.74) is 0.678. The van der Waals surface area contributed by atoms with Crippen molar-refractivity contribution in [2.24, 2.45) is 7.05 Å². The predicted molar refractivity (Wildman–Crippen MR) is 59.8 cm³/mol. The number of benzene rings is 1. The van der Waals surface area contributed by atoms with Gasteiger partial charge in [-0.2, -0.15) is 5.10 Å². The minimum atomic E-state index is -0.325. The number of carbonyl (C=O) groups is 1. The smallest absolute Gasteiger partial charge is 0.144 e. The normalized spacial score (nSPS) is 10.5. The molecule has 0 aliphatic heterocycles. The number of Topliss-reactive ketones (excluding diaryl/α,β-unsaturated/α-hetero) is 1. The van der Waals surface area contributed by atoms with Crippen molar-refractivity contribution >= 4 is 5.78 Å². The van der Waals surface area contributed by atoms with Crippen LogP contribution in [0, 0.1) is 5.82 Å². The molecule has 0 aliphatic rings. The lowest BCUT2D eigenvalue weighted by Gasteiger charge is -2.01. The number of aromatic nitrogens is 3. The van der Waals surface area contributed by atoms with Gasteiger partial charge in [0.15, 0.2) is 0 Å². The molecule has 0 N–H and O–H groups in total. The van der Waals surface area contributed by atoms with Crippen LogP contribution >= 0.6 is 0 Å². The van der Waals surface area contributed by atoms with E-state index in [0.29, 0.717) is 11.4 Å². The maximum absolute atomic E-state index is 12.9. The molecule has 0 radical (unpaired) electrons. The molecule has 0 fully saturated rings. The number of carbonyl (C=O) groups excluding carboxylic acids is 1. The summed E-state index contributed by atoms with van der Waals surface area (Å²) in [5, 5.41) is 3.88. The van der Waals surface area contributed by atoms with E-state index in [9.17, 15) is 9.18 Å². The topological polar surface area (TPSA) is 47.8 Å². The Balaban J connectivity index is 2.01. The van der Waals surface area contributed by atoms with Gasteiger partial charge in [-0.1, -0.05) is 12.1 Å². The van der Waals surface area contributed by atoms with Crippen molar-refractivity contribution in [3.8, 4) is 0 Å². The molecule has 2 aromatic rings. The van der Waals surface area contributed by atoms with Gasteiger partial charge in [-0.15, -0.1) is 0 Å². The molecule has 0 saturated heterocycles. The molecular formula is C12H12FN3O. The standard InChI is InChI=1S/C12H12FN3O/c1-16-12(14-8-15-16)7-11(17)6-9-3-2-4-10(13)5-9/h2-5,8H,6-7H2,1H3. The van der Waals surface area contributed by atoms with E-state index < -0.39 is 0 Å². The number of nitrogens with zero attached hydrogens (tertiary/aromatic N) is 3. The van der Waals surface area contributed by atoms with Crippen LogP contribution in [0.2, 0.25) is 0 Å². The number of ketones is 1. The fourth-order valence-electron chi connectivity index (χ4n) is 1.59. The monoisotopic (exact) mass is 233 g/mol. The first kappa shape index (κ1) is 11.4. The maximum atomic E-state index is 12.9. The van der Waals surface area contributed by atoms with Gasteiger partial charge >= 0.3 is 0 Å². The third-order valence-corrected chi connectivity index (χ3v) is 2.45. The molecule has 88 valence electrons. The summed E-state index contributed by atoms with van der Waals surface area (Å²) in [6, 6.07) is 6.06. The zero-order valence-electron chi connectivity index (χ0n) is 9.43. The number of halogens is 1. The van der Waals surface area contributed by atoms with Crippen molar-refractivity contribution in [3.63, 3.8) is 0 Å². The summed E-state index contributed by atoms with van der Waals surface area (Å²) in [4.78, 5) is 15.7. The average Bonchev–Trinajstić information content (AvgIpc) is 2.64. The van der Waals surface area contributed by atoms with Crippen LogP contribution in [0.25, 0.3) is 0 Å². The first-order valence-corrected chi connectivity index (χ1v) is 5.24. The molecule has 0 spiro atoms. The minimum absolute atomic E-state index is 0.00769. The Bertz CT molecular complexity index is 536. The van der Waals surface area contributed by atoms with Crippen molar-refractivity contribution in [2.75, 3.05) is 0 Å². The van der Waals surface area contributed by atoms with Crippen molar-refractivity contribution in [1.82, 2.24) is 14.8 Å². The van der Waals surface area contributed by atoms with Crippen molar-refractivity contribution in [1.29, 1.82) is 0 Å². The maximum Gasteiger partial charge on any atom is 0.144 e. The van der Waals surface area contributed by atoms with Gasteiger partial charge in [-0.05, 0) is 17.7 Å². The van der Waals surface area contributed by atoms with Crippen LogP contribution in [0.15, 0.2) is 30.6 Å². The summed E-state index contributed by atoms with van der Waals surface area (Å²) in [7, 11) is 1.73. The zero-order chi connectivity index (χ0) is 12.3.